The summed E-state index contributed by atoms with van der Waals surface area (Å²) in [7, 11) is 2.10. The van der Waals surface area contributed by atoms with Crippen LogP contribution < -0.4 is 0 Å². The number of fused-ring (bicyclic) bond motifs is 1. The zero-order valence-electron chi connectivity index (χ0n) is 16.0. The summed E-state index contributed by atoms with van der Waals surface area (Å²) in [6.07, 6.45) is 0.811. The lowest BCUT2D eigenvalue weighted by molar-refractivity contribution is 0.0484. The molecule has 27 heavy (non-hydrogen) atoms. The molecule has 5 nitrogen and oxygen atoms in total. The molecule has 0 saturated carbocycles. The summed E-state index contributed by atoms with van der Waals surface area (Å²) in [6, 6.07) is 19.3. The van der Waals surface area contributed by atoms with Crippen molar-refractivity contribution in [2.45, 2.75) is 25.6 Å². The predicted octanol–water partition coefficient (Wildman–Crippen LogP) is 2.64. The van der Waals surface area contributed by atoms with Gasteiger partial charge >= 0.3 is 0 Å². The van der Waals surface area contributed by atoms with E-state index in [-0.39, 0.29) is 6.61 Å². The van der Waals surface area contributed by atoms with Crippen LogP contribution in [0, 0.1) is 0 Å². The Bertz CT molecular complexity index is 876. The van der Waals surface area contributed by atoms with Crippen LogP contribution in [0.15, 0.2) is 54.6 Å². The average molecular weight is 364 g/mol. The minimum absolute atomic E-state index is 0.232. The van der Waals surface area contributed by atoms with E-state index in [0.717, 1.165) is 50.5 Å². The molecule has 5 heteroatoms. The molecule has 2 heterocycles. The molecule has 1 atom stereocenters. The average Bonchev–Trinajstić information content (AvgIpc) is 3.01. The number of aliphatic hydroxyl groups excluding tert-OH is 1. The number of imidazole rings is 1. The maximum Gasteiger partial charge on any atom is 0.123 e. The fourth-order valence-corrected chi connectivity index (χ4v) is 4.09. The van der Waals surface area contributed by atoms with E-state index < -0.39 is 0 Å². The normalized spacial score (nSPS) is 19.0. The highest BCUT2D eigenvalue weighted by Gasteiger charge is 2.27. The summed E-state index contributed by atoms with van der Waals surface area (Å²) < 4.78 is 2.20. The summed E-state index contributed by atoms with van der Waals surface area (Å²) in [6.45, 7) is 5.05. The van der Waals surface area contributed by atoms with Gasteiger partial charge in [0.2, 0.25) is 0 Å². The van der Waals surface area contributed by atoms with Crippen LogP contribution in [0.1, 0.15) is 17.8 Å². The summed E-state index contributed by atoms with van der Waals surface area (Å²) in [5, 5.41) is 9.56. The molecule has 1 aliphatic heterocycles. The van der Waals surface area contributed by atoms with Gasteiger partial charge in [0, 0.05) is 45.9 Å². The van der Waals surface area contributed by atoms with Crippen LogP contribution in [0.25, 0.3) is 11.0 Å². The summed E-state index contributed by atoms with van der Waals surface area (Å²) in [5.41, 5.74) is 3.58. The third-order valence-corrected chi connectivity index (χ3v) is 5.62. The highest BCUT2D eigenvalue weighted by atomic mass is 16.3. The molecule has 0 bridgehead atoms. The lowest BCUT2D eigenvalue weighted by Crippen LogP contribution is -2.52. The van der Waals surface area contributed by atoms with Gasteiger partial charge in [-0.1, -0.05) is 42.5 Å². The SMILES string of the molecule is Cn1c(CN2CCN(Cc3ccccc3)[C@H](CCO)C2)nc2ccccc21. The number of hydrogen-bond donors (Lipinski definition) is 1. The Balaban J connectivity index is 1.45. The van der Waals surface area contributed by atoms with Crippen molar-refractivity contribution >= 4 is 11.0 Å². The van der Waals surface area contributed by atoms with Crippen molar-refractivity contribution in [3.05, 3.63) is 66.0 Å². The van der Waals surface area contributed by atoms with Gasteiger partial charge in [-0.3, -0.25) is 9.80 Å². The van der Waals surface area contributed by atoms with Crippen LogP contribution in [0.4, 0.5) is 0 Å². The number of rotatable bonds is 6. The quantitative estimate of drug-likeness (QED) is 0.730. The maximum atomic E-state index is 9.56. The molecule has 1 aliphatic rings. The molecular weight excluding hydrogens is 336 g/mol. The summed E-state index contributed by atoms with van der Waals surface area (Å²) in [4.78, 5) is 9.81. The number of aromatic nitrogens is 2. The molecule has 3 aromatic rings. The molecule has 0 spiro atoms. The predicted molar refractivity (Wildman–Crippen MR) is 108 cm³/mol. The lowest BCUT2D eigenvalue weighted by Gasteiger charge is -2.41. The Kier molecular flexibility index (Phi) is 5.53. The molecule has 1 aromatic heterocycles. The first-order chi connectivity index (χ1) is 13.2. The number of para-hydroxylation sites is 2. The van der Waals surface area contributed by atoms with Gasteiger partial charge in [-0.2, -0.15) is 0 Å². The maximum absolute atomic E-state index is 9.56. The first-order valence-corrected chi connectivity index (χ1v) is 9.76. The summed E-state index contributed by atoms with van der Waals surface area (Å²) in [5.74, 6) is 1.11. The Morgan fingerprint density at radius 1 is 1.00 bits per heavy atom. The van der Waals surface area contributed by atoms with E-state index in [1.807, 2.05) is 6.07 Å². The molecule has 1 fully saturated rings. The highest BCUT2D eigenvalue weighted by Crippen LogP contribution is 2.20. The fourth-order valence-electron chi connectivity index (χ4n) is 4.09. The van der Waals surface area contributed by atoms with Gasteiger partial charge in [-0.25, -0.2) is 4.98 Å². The number of hydrogen-bond acceptors (Lipinski definition) is 4. The standard InChI is InChI=1S/C22H28N4O/c1-24-21-10-6-5-9-20(21)23-22(24)17-25-12-13-26(19(16-25)11-14-27)15-18-7-3-2-4-8-18/h2-10,19,27H,11-17H2,1H3/t19-/m1/s1. The zero-order valence-corrected chi connectivity index (χ0v) is 16.0. The van der Waals surface area contributed by atoms with E-state index in [1.165, 1.54) is 11.1 Å². The van der Waals surface area contributed by atoms with Crippen LogP contribution >= 0.6 is 0 Å². The van der Waals surface area contributed by atoms with Gasteiger partial charge in [-0.15, -0.1) is 0 Å². The molecule has 4 rings (SSSR count). The van der Waals surface area contributed by atoms with E-state index in [2.05, 4.69) is 69.9 Å². The monoisotopic (exact) mass is 364 g/mol. The van der Waals surface area contributed by atoms with Crippen LogP contribution in [0.2, 0.25) is 0 Å². The molecular formula is C22H28N4O. The molecule has 2 aromatic carbocycles. The van der Waals surface area contributed by atoms with Gasteiger partial charge in [0.25, 0.3) is 0 Å². The summed E-state index contributed by atoms with van der Waals surface area (Å²) >= 11 is 0. The van der Waals surface area contributed by atoms with Crippen molar-refractivity contribution in [3.63, 3.8) is 0 Å². The van der Waals surface area contributed by atoms with Gasteiger partial charge in [0.15, 0.2) is 0 Å². The van der Waals surface area contributed by atoms with E-state index in [4.69, 9.17) is 4.98 Å². The van der Waals surface area contributed by atoms with Crippen molar-refractivity contribution in [2.75, 3.05) is 26.2 Å². The molecule has 0 unspecified atom stereocenters. The fraction of sp³-hybridized carbons (Fsp3) is 0.409. The van der Waals surface area contributed by atoms with E-state index >= 15 is 0 Å². The first-order valence-electron chi connectivity index (χ1n) is 9.76. The number of piperazine rings is 1. The highest BCUT2D eigenvalue weighted by molar-refractivity contribution is 5.75. The second kappa shape index (κ2) is 8.21. The van der Waals surface area contributed by atoms with Crippen molar-refractivity contribution < 1.29 is 5.11 Å². The second-order valence-corrected chi connectivity index (χ2v) is 7.43. The van der Waals surface area contributed by atoms with Crippen LogP contribution in [-0.2, 0) is 20.1 Å². The first kappa shape index (κ1) is 18.2. The Morgan fingerprint density at radius 2 is 1.78 bits per heavy atom. The molecule has 142 valence electrons. The Labute approximate surface area is 160 Å². The Morgan fingerprint density at radius 3 is 2.56 bits per heavy atom. The van der Waals surface area contributed by atoms with Crippen molar-refractivity contribution in [2.24, 2.45) is 7.05 Å². The van der Waals surface area contributed by atoms with E-state index in [9.17, 15) is 5.11 Å². The van der Waals surface area contributed by atoms with Crippen molar-refractivity contribution in [1.82, 2.24) is 19.4 Å². The van der Waals surface area contributed by atoms with Gasteiger partial charge < -0.3 is 9.67 Å². The zero-order chi connectivity index (χ0) is 18.6. The molecule has 1 saturated heterocycles. The van der Waals surface area contributed by atoms with Gasteiger partial charge in [0.05, 0.1) is 17.6 Å². The minimum atomic E-state index is 0.232. The molecule has 0 aliphatic carbocycles. The van der Waals surface area contributed by atoms with E-state index in [1.54, 1.807) is 0 Å². The topological polar surface area (TPSA) is 44.5 Å². The lowest BCUT2D eigenvalue weighted by atomic mass is 10.1. The number of aryl methyl sites for hydroxylation is 1. The van der Waals surface area contributed by atoms with Gasteiger partial charge in [-0.05, 0) is 24.1 Å². The molecule has 0 radical (unpaired) electrons. The Hall–Kier alpha value is -2.21. The number of aliphatic hydroxyl groups is 1. The second-order valence-electron chi connectivity index (χ2n) is 7.43. The third-order valence-electron chi connectivity index (χ3n) is 5.62. The largest absolute Gasteiger partial charge is 0.396 e. The van der Waals surface area contributed by atoms with Crippen LogP contribution in [-0.4, -0.2) is 56.7 Å². The molecule has 1 N–H and O–H groups in total. The minimum Gasteiger partial charge on any atom is -0.396 e. The van der Waals surface area contributed by atoms with Crippen molar-refractivity contribution in [1.29, 1.82) is 0 Å². The number of benzene rings is 2. The third kappa shape index (κ3) is 4.05. The van der Waals surface area contributed by atoms with Crippen LogP contribution in [0.5, 0.6) is 0 Å². The van der Waals surface area contributed by atoms with E-state index in [0.29, 0.717) is 6.04 Å². The van der Waals surface area contributed by atoms with Crippen LogP contribution in [0.3, 0.4) is 0 Å². The smallest absolute Gasteiger partial charge is 0.123 e. The van der Waals surface area contributed by atoms with Crippen molar-refractivity contribution in [3.8, 4) is 0 Å². The number of nitrogens with zero attached hydrogens (tertiary/aromatic N) is 4. The van der Waals surface area contributed by atoms with Gasteiger partial charge in [0.1, 0.15) is 5.82 Å². The molecule has 0 amide bonds.